The second-order valence-electron chi connectivity index (χ2n) is 4.96. The van der Waals surface area contributed by atoms with Crippen LogP contribution in [0.15, 0.2) is 10.6 Å². The average molecular weight is 237 g/mol. The first-order valence-electron chi connectivity index (χ1n) is 6.66. The smallest absolute Gasteiger partial charge is 0.133 e. The lowest BCUT2D eigenvalue weighted by molar-refractivity contribution is 0.234. The van der Waals surface area contributed by atoms with Gasteiger partial charge in [-0.15, -0.1) is 0 Å². The molecule has 1 aliphatic heterocycles. The van der Waals surface area contributed by atoms with Gasteiger partial charge in [0.1, 0.15) is 5.76 Å². The summed E-state index contributed by atoms with van der Waals surface area (Å²) in [6, 6.07) is 2.69. The highest BCUT2D eigenvalue weighted by molar-refractivity contribution is 5.03. The first kappa shape index (κ1) is 12.6. The lowest BCUT2D eigenvalue weighted by atomic mass is 10.2. The Balaban J connectivity index is 1.87. The zero-order chi connectivity index (χ0) is 12.1. The Labute approximate surface area is 103 Å². The maximum atomic E-state index is 5.12. The monoisotopic (exact) mass is 237 g/mol. The molecule has 0 bridgehead atoms. The summed E-state index contributed by atoms with van der Waals surface area (Å²) in [6.07, 6.45) is 3.80. The minimum Gasteiger partial charge on any atom is -0.361 e. The summed E-state index contributed by atoms with van der Waals surface area (Å²) in [5.74, 6) is 0.899. The molecule has 4 heteroatoms. The molecule has 1 atom stereocenters. The van der Waals surface area contributed by atoms with Gasteiger partial charge in [0.15, 0.2) is 0 Å². The number of hydrogen-bond acceptors (Lipinski definition) is 4. The lowest BCUT2D eigenvalue weighted by Gasteiger charge is -2.24. The minimum atomic E-state index is 0.662. The van der Waals surface area contributed by atoms with E-state index in [0.717, 1.165) is 31.1 Å². The van der Waals surface area contributed by atoms with E-state index in [4.69, 9.17) is 4.52 Å². The van der Waals surface area contributed by atoms with Crippen molar-refractivity contribution in [2.24, 2.45) is 0 Å². The van der Waals surface area contributed by atoms with E-state index < -0.39 is 0 Å². The third-order valence-corrected chi connectivity index (χ3v) is 3.24. The fraction of sp³-hybridized carbons (Fsp3) is 0.769. The summed E-state index contributed by atoms with van der Waals surface area (Å²) in [6.45, 7) is 8.50. The highest BCUT2D eigenvalue weighted by Crippen LogP contribution is 2.11. The number of nitrogens with zero attached hydrogens (tertiary/aromatic N) is 2. The molecule has 0 saturated carbocycles. The van der Waals surface area contributed by atoms with Gasteiger partial charge in [-0.2, -0.15) is 0 Å². The molecule has 0 amide bonds. The largest absolute Gasteiger partial charge is 0.361 e. The van der Waals surface area contributed by atoms with Gasteiger partial charge in [-0.3, -0.25) is 4.90 Å². The summed E-state index contributed by atoms with van der Waals surface area (Å²) in [5, 5.41) is 7.63. The molecule has 17 heavy (non-hydrogen) atoms. The van der Waals surface area contributed by atoms with Crippen LogP contribution in [0.3, 0.4) is 0 Å². The van der Waals surface area contributed by atoms with Crippen molar-refractivity contribution < 1.29 is 4.52 Å². The van der Waals surface area contributed by atoms with Gasteiger partial charge in [-0.05, 0) is 39.3 Å². The fourth-order valence-electron chi connectivity index (χ4n) is 2.50. The molecule has 0 radical (unpaired) electrons. The molecule has 2 rings (SSSR count). The van der Waals surface area contributed by atoms with Gasteiger partial charge in [-0.25, -0.2) is 0 Å². The molecule has 0 aliphatic carbocycles. The quantitative estimate of drug-likeness (QED) is 0.821. The third-order valence-electron chi connectivity index (χ3n) is 3.24. The topological polar surface area (TPSA) is 41.3 Å². The maximum Gasteiger partial charge on any atom is 0.133 e. The molecule has 1 fully saturated rings. The first-order chi connectivity index (χ1) is 8.28. The Morgan fingerprint density at radius 1 is 1.59 bits per heavy atom. The van der Waals surface area contributed by atoms with Crippen LogP contribution in [0, 0.1) is 6.92 Å². The molecule has 96 valence electrons. The highest BCUT2D eigenvalue weighted by atomic mass is 16.5. The van der Waals surface area contributed by atoms with E-state index in [9.17, 15) is 0 Å². The van der Waals surface area contributed by atoms with Crippen LogP contribution in [-0.2, 0) is 6.54 Å². The van der Waals surface area contributed by atoms with Crippen LogP contribution in [0.25, 0.3) is 0 Å². The van der Waals surface area contributed by atoms with E-state index >= 15 is 0 Å². The SMILES string of the molecule is CCCN(Cc1cc(C)on1)CC1CCCN1. The van der Waals surface area contributed by atoms with Gasteiger partial charge in [0.2, 0.25) is 0 Å². The zero-order valence-corrected chi connectivity index (χ0v) is 10.9. The van der Waals surface area contributed by atoms with E-state index in [1.807, 2.05) is 13.0 Å². The molecule has 1 aromatic heterocycles. The molecular formula is C13H23N3O. The normalized spacial score (nSPS) is 20.3. The Morgan fingerprint density at radius 2 is 2.47 bits per heavy atom. The molecule has 1 saturated heterocycles. The van der Waals surface area contributed by atoms with Gasteiger partial charge < -0.3 is 9.84 Å². The summed E-state index contributed by atoms with van der Waals surface area (Å²) in [4.78, 5) is 2.47. The second-order valence-corrected chi connectivity index (χ2v) is 4.96. The van der Waals surface area contributed by atoms with Crippen LogP contribution >= 0.6 is 0 Å². The van der Waals surface area contributed by atoms with Gasteiger partial charge in [-0.1, -0.05) is 12.1 Å². The van der Waals surface area contributed by atoms with Crippen LogP contribution in [0.4, 0.5) is 0 Å². The van der Waals surface area contributed by atoms with Crippen molar-refractivity contribution in [2.75, 3.05) is 19.6 Å². The Bertz CT molecular complexity index is 331. The summed E-state index contributed by atoms with van der Waals surface area (Å²) in [5.41, 5.74) is 1.05. The van der Waals surface area contributed by atoms with E-state index in [0.29, 0.717) is 6.04 Å². The highest BCUT2D eigenvalue weighted by Gasteiger charge is 2.18. The minimum absolute atomic E-state index is 0.662. The predicted molar refractivity (Wildman–Crippen MR) is 67.8 cm³/mol. The summed E-state index contributed by atoms with van der Waals surface area (Å²) in [7, 11) is 0. The number of hydrogen-bond donors (Lipinski definition) is 1. The maximum absolute atomic E-state index is 5.12. The van der Waals surface area contributed by atoms with Crippen molar-refractivity contribution in [3.8, 4) is 0 Å². The van der Waals surface area contributed by atoms with Crippen LogP contribution in [0.5, 0.6) is 0 Å². The summed E-state index contributed by atoms with van der Waals surface area (Å²) < 4.78 is 5.12. The third kappa shape index (κ3) is 3.82. The van der Waals surface area contributed by atoms with E-state index in [2.05, 4.69) is 22.3 Å². The van der Waals surface area contributed by atoms with Gasteiger partial charge in [0, 0.05) is 25.2 Å². The average Bonchev–Trinajstić information content (AvgIpc) is 2.91. The van der Waals surface area contributed by atoms with Gasteiger partial charge >= 0.3 is 0 Å². The van der Waals surface area contributed by atoms with Gasteiger partial charge in [0.25, 0.3) is 0 Å². The van der Waals surface area contributed by atoms with Crippen molar-refractivity contribution in [1.82, 2.24) is 15.4 Å². The van der Waals surface area contributed by atoms with Crippen molar-refractivity contribution in [3.05, 3.63) is 17.5 Å². The number of aryl methyl sites for hydroxylation is 1. The number of rotatable bonds is 6. The van der Waals surface area contributed by atoms with E-state index in [-0.39, 0.29) is 0 Å². The molecular weight excluding hydrogens is 214 g/mol. The molecule has 0 aromatic carbocycles. The zero-order valence-electron chi connectivity index (χ0n) is 10.9. The lowest BCUT2D eigenvalue weighted by Crippen LogP contribution is -2.37. The Kier molecular flexibility index (Phi) is 4.57. The van der Waals surface area contributed by atoms with Crippen LogP contribution < -0.4 is 5.32 Å². The number of nitrogens with one attached hydrogen (secondary N) is 1. The van der Waals surface area contributed by atoms with Crippen molar-refractivity contribution in [2.45, 2.75) is 45.7 Å². The second kappa shape index (κ2) is 6.17. The van der Waals surface area contributed by atoms with Crippen LogP contribution in [0.2, 0.25) is 0 Å². The predicted octanol–water partition coefficient (Wildman–Crippen LogP) is 1.95. The summed E-state index contributed by atoms with van der Waals surface area (Å²) >= 11 is 0. The van der Waals surface area contributed by atoms with Crippen LogP contribution in [0.1, 0.15) is 37.6 Å². The van der Waals surface area contributed by atoms with Crippen LogP contribution in [-0.4, -0.2) is 35.7 Å². The first-order valence-corrected chi connectivity index (χ1v) is 6.66. The Hall–Kier alpha value is -0.870. The van der Waals surface area contributed by atoms with Crippen molar-refractivity contribution in [3.63, 3.8) is 0 Å². The molecule has 2 heterocycles. The molecule has 1 aromatic rings. The van der Waals surface area contributed by atoms with Gasteiger partial charge in [0.05, 0.1) is 5.69 Å². The molecule has 1 aliphatic rings. The standard InChI is InChI=1S/C13H23N3O/c1-3-7-16(9-12-5-4-6-14-12)10-13-8-11(2)17-15-13/h8,12,14H,3-7,9-10H2,1-2H3. The molecule has 4 nitrogen and oxygen atoms in total. The van der Waals surface area contributed by atoms with Crippen molar-refractivity contribution >= 4 is 0 Å². The van der Waals surface area contributed by atoms with E-state index in [1.165, 1.54) is 25.8 Å². The molecule has 0 spiro atoms. The van der Waals surface area contributed by atoms with Crippen molar-refractivity contribution in [1.29, 1.82) is 0 Å². The fourth-order valence-corrected chi connectivity index (χ4v) is 2.50. The van der Waals surface area contributed by atoms with E-state index in [1.54, 1.807) is 0 Å². The molecule has 1 N–H and O–H groups in total. The molecule has 1 unspecified atom stereocenters. The number of aromatic nitrogens is 1. The Morgan fingerprint density at radius 3 is 3.06 bits per heavy atom.